The van der Waals surface area contributed by atoms with E-state index in [-0.39, 0.29) is 11.7 Å². The van der Waals surface area contributed by atoms with Crippen LogP contribution in [-0.4, -0.2) is 31.4 Å². The number of benzene rings is 1. The highest BCUT2D eigenvalue weighted by Crippen LogP contribution is 2.25. The molecule has 6 nitrogen and oxygen atoms in total. The van der Waals surface area contributed by atoms with Gasteiger partial charge in [-0.1, -0.05) is 35.5 Å². The average Bonchev–Trinajstić information content (AvgIpc) is 3.04. The molecule has 1 N–H and O–H groups in total. The number of hydrogen-bond donors (Lipinski definition) is 1. The van der Waals surface area contributed by atoms with Crippen molar-refractivity contribution < 1.29 is 4.79 Å². The molecule has 8 heteroatoms. The van der Waals surface area contributed by atoms with E-state index in [1.54, 1.807) is 36.7 Å². The first-order valence-corrected chi connectivity index (χ1v) is 9.55. The number of hydrogen-bond acceptors (Lipinski definition) is 5. The zero-order valence-electron chi connectivity index (χ0n) is 14.7. The van der Waals surface area contributed by atoms with Crippen molar-refractivity contribution in [1.29, 1.82) is 0 Å². The molecule has 0 aliphatic carbocycles. The van der Waals surface area contributed by atoms with Crippen LogP contribution < -0.4 is 5.32 Å². The highest BCUT2D eigenvalue weighted by atomic mass is 35.5. The van der Waals surface area contributed by atoms with Gasteiger partial charge in [0, 0.05) is 35.2 Å². The van der Waals surface area contributed by atoms with Crippen molar-refractivity contribution in [3.8, 4) is 11.4 Å². The monoisotopic (exact) mass is 399 g/mol. The molecular weight excluding hydrogens is 382 g/mol. The number of anilines is 1. The smallest absolute Gasteiger partial charge is 0.234 e. The van der Waals surface area contributed by atoms with Gasteiger partial charge < -0.3 is 5.32 Å². The maximum Gasteiger partial charge on any atom is 0.234 e. The van der Waals surface area contributed by atoms with Crippen LogP contribution in [0.15, 0.2) is 66.1 Å². The summed E-state index contributed by atoms with van der Waals surface area (Å²) < 4.78 is 1.96. The predicted molar refractivity (Wildman–Crippen MR) is 109 cm³/mol. The van der Waals surface area contributed by atoms with Crippen LogP contribution in [0.1, 0.15) is 6.92 Å². The van der Waals surface area contributed by atoms with Gasteiger partial charge in [0.1, 0.15) is 0 Å². The number of carbonyl (C=O) groups excluding carboxylic acids is 1. The summed E-state index contributed by atoms with van der Waals surface area (Å²) in [6, 6.07) is 10.7. The minimum absolute atomic E-state index is 0.127. The lowest BCUT2D eigenvalue weighted by Crippen LogP contribution is -2.14. The second kappa shape index (κ2) is 8.83. The summed E-state index contributed by atoms with van der Waals surface area (Å²) in [5.74, 6) is 0.812. The Hall–Kier alpha value is -2.64. The topological polar surface area (TPSA) is 72.7 Å². The van der Waals surface area contributed by atoms with E-state index in [1.807, 2.05) is 23.6 Å². The number of carbonyl (C=O) groups is 1. The first-order valence-electron chi connectivity index (χ1n) is 8.19. The normalized spacial score (nSPS) is 10.6. The zero-order chi connectivity index (χ0) is 19.2. The van der Waals surface area contributed by atoms with Crippen LogP contribution in [0, 0.1) is 0 Å². The summed E-state index contributed by atoms with van der Waals surface area (Å²) in [6.07, 6.45) is 3.42. The summed E-state index contributed by atoms with van der Waals surface area (Å²) in [4.78, 5) is 16.3. The molecule has 0 saturated heterocycles. The van der Waals surface area contributed by atoms with Crippen molar-refractivity contribution in [2.75, 3.05) is 11.1 Å². The number of amides is 1. The molecule has 27 heavy (non-hydrogen) atoms. The fourth-order valence-corrected chi connectivity index (χ4v) is 3.25. The van der Waals surface area contributed by atoms with Gasteiger partial charge in [0.05, 0.1) is 5.75 Å². The summed E-state index contributed by atoms with van der Waals surface area (Å²) in [5, 5.41) is 12.7. The number of rotatable bonds is 7. The van der Waals surface area contributed by atoms with Gasteiger partial charge in [-0.25, -0.2) is 0 Å². The number of nitrogens with one attached hydrogen (secondary N) is 1. The third kappa shape index (κ3) is 5.18. The largest absolute Gasteiger partial charge is 0.325 e. The van der Waals surface area contributed by atoms with E-state index >= 15 is 0 Å². The summed E-state index contributed by atoms with van der Waals surface area (Å²) >= 11 is 7.18. The van der Waals surface area contributed by atoms with E-state index in [0.29, 0.717) is 22.4 Å². The Morgan fingerprint density at radius 1 is 1.19 bits per heavy atom. The minimum atomic E-state index is -0.127. The lowest BCUT2D eigenvalue weighted by atomic mass is 10.2. The number of pyridine rings is 1. The molecule has 0 spiro atoms. The van der Waals surface area contributed by atoms with Crippen molar-refractivity contribution >= 4 is 35.0 Å². The highest BCUT2D eigenvalue weighted by molar-refractivity contribution is 7.99. The van der Waals surface area contributed by atoms with Crippen molar-refractivity contribution in [3.63, 3.8) is 0 Å². The Labute approximate surface area is 166 Å². The van der Waals surface area contributed by atoms with Gasteiger partial charge in [0.15, 0.2) is 11.0 Å². The van der Waals surface area contributed by atoms with Gasteiger partial charge in [-0.05, 0) is 43.3 Å². The molecule has 2 heterocycles. The molecule has 0 saturated carbocycles. The third-order valence-corrected chi connectivity index (χ3v) is 4.76. The molecule has 0 radical (unpaired) electrons. The fraction of sp³-hybridized carbons (Fsp3) is 0.158. The van der Waals surface area contributed by atoms with Crippen molar-refractivity contribution in [1.82, 2.24) is 19.7 Å². The van der Waals surface area contributed by atoms with Gasteiger partial charge in [-0.15, -0.1) is 10.2 Å². The van der Waals surface area contributed by atoms with Crippen molar-refractivity contribution in [2.45, 2.75) is 18.6 Å². The lowest BCUT2D eigenvalue weighted by molar-refractivity contribution is -0.113. The van der Waals surface area contributed by atoms with E-state index in [4.69, 9.17) is 11.6 Å². The van der Waals surface area contributed by atoms with E-state index in [0.717, 1.165) is 17.0 Å². The first kappa shape index (κ1) is 19.1. The van der Waals surface area contributed by atoms with Crippen LogP contribution in [0.4, 0.5) is 5.69 Å². The number of nitrogens with zero attached hydrogens (tertiary/aromatic N) is 4. The Morgan fingerprint density at radius 2 is 1.89 bits per heavy atom. The zero-order valence-corrected chi connectivity index (χ0v) is 16.3. The Morgan fingerprint density at radius 3 is 2.56 bits per heavy atom. The van der Waals surface area contributed by atoms with E-state index in [9.17, 15) is 4.79 Å². The van der Waals surface area contributed by atoms with Gasteiger partial charge >= 0.3 is 0 Å². The Kier molecular flexibility index (Phi) is 6.26. The maximum absolute atomic E-state index is 12.2. The highest BCUT2D eigenvalue weighted by Gasteiger charge is 2.16. The molecule has 1 amide bonds. The van der Waals surface area contributed by atoms with Gasteiger partial charge in [0.2, 0.25) is 5.91 Å². The predicted octanol–water partition coefficient (Wildman–Crippen LogP) is 4.30. The number of halogens is 1. The molecule has 0 unspecified atom stereocenters. The second-order valence-electron chi connectivity index (χ2n) is 5.93. The average molecular weight is 400 g/mol. The van der Waals surface area contributed by atoms with Crippen molar-refractivity contribution in [2.24, 2.45) is 0 Å². The molecule has 0 aliphatic heterocycles. The fourth-order valence-electron chi connectivity index (χ4n) is 2.38. The molecule has 3 aromatic rings. The quantitative estimate of drug-likeness (QED) is 0.473. The van der Waals surface area contributed by atoms with Crippen LogP contribution >= 0.6 is 23.4 Å². The minimum Gasteiger partial charge on any atom is -0.325 e. The molecule has 0 atom stereocenters. The second-order valence-corrected chi connectivity index (χ2v) is 7.31. The standard InChI is InChI=1S/C19H18ClN5OS/c1-13(2)11-25-18(14-7-9-21-10-8-14)23-24-19(25)27-12-17(26)22-16-5-3-15(20)4-6-16/h3-10H,1,11-12H2,2H3,(H,22,26). The van der Waals surface area contributed by atoms with Crippen LogP contribution in [0.2, 0.25) is 5.02 Å². The molecule has 2 aromatic heterocycles. The molecule has 0 aliphatic rings. The molecule has 138 valence electrons. The van der Waals surface area contributed by atoms with Gasteiger partial charge in [0.25, 0.3) is 0 Å². The van der Waals surface area contributed by atoms with Crippen LogP contribution in [0.5, 0.6) is 0 Å². The van der Waals surface area contributed by atoms with E-state index < -0.39 is 0 Å². The maximum atomic E-state index is 12.2. The number of aromatic nitrogens is 4. The summed E-state index contributed by atoms with van der Waals surface area (Å²) in [6.45, 7) is 6.49. The SMILES string of the molecule is C=C(C)Cn1c(SCC(=O)Nc2ccc(Cl)cc2)nnc1-c1ccncc1. The Balaban J connectivity index is 1.72. The molecule has 3 rings (SSSR count). The van der Waals surface area contributed by atoms with Crippen LogP contribution in [-0.2, 0) is 11.3 Å². The molecular formula is C19H18ClN5OS. The van der Waals surface area contributed by atoms with Gasteiger partial charge in [-0.2, -0.15) is 0 Å². The number of thioether (sulfide) groups is 1. The Bertz CT molecular complexity index is 940. The molecule has 0 bridgehead atoms. The van der Waals surface area contributed by atoms with Crippen LogP contribution in [0.25, 0.3) is 11.4 Å². The first-order chi connectivity index (χ1) is 13.0. The summed E-state index contributed by atoms with van der Waals surface area (Å²) in [7, 11) is 0. The summed E-state index contributed by atoms with van der Waals surface area (Å²) in [5.41, 5.74) is 2.58. The van der Waals surface area contributed by atoms with Gasteiger partial charge in [-0.3, -0.25) is 14.3 Å². The molecule has 1 aromatic carbocycles. The van der Waals surface area contributed by atoms with Crippen molar-refractivity contribution in [3.05, 3.63) is 66.0 Å². The van der Waals surface area contributed by atoms with E-state index in [2.05, 4.69) is 27.1 Å². The third-order valence-electron chi connectivity index (χ3n) is 3.54. The lowest BCUT2D eigenvalue weighted by Gasteiger charge is -2.10. The van der Waals surface area contributed by atoms with E-state index in [1.165, 1.54) is 11.8 Å². The molecule has 0 fully saturated rings. The number of allylic oxidation sites excluding steroid dienone is 1. The van der Waals surface area contributed by atoms with Crippen LogP contribution in [0.3, 0.4) is 0 Å².